The van der Waals surface area contributed by atoms with Crippen molar-refractivity contribution in [3.05, 3.63) is 52.8 Å². The lowest BCUT2D eigenvalue weighted by Gasteiger charge is -2.21. The first-order valence-electron chi connectivity index (χ1n) is 8.23. The monoisotopic (exact) mass is 346 g/mol. The van der Waals surface area contributed by atoms with E-state index in [1.807, 2.05) is 29.2 Å². The summed E-state index contributed by atoms with van der Waals surface area (Å²) < 4.78 is 0. The number of halogens is 1. The fraction of sp³-hybridized carbons (Fsp3) is 0.389. The summed E-state index contributed by atoms with van der Waals surface area (Å²) in [7, 11) is 0. The molecule has 24 heavy (non-hydrogen) atoms. The molecule has 0 atom stereocenters. The van der Waals surface area contributed by atoms with Crippen LogP contribution in [-0.4, -0.2) is 33.9 Å². The predicted molar refractivity (Wildman–Crippen MR) is 97.3 cm³/mol. The van der Waals surface area contributed by atoms with Gasteiger partial charge in [-0.1, -0.05) is 37.6 Å². The number of carbonyl (C=O) groups excluding carboxylic acids is 1. The molecule has 0 aliphatic heterocycles. The Kier molecular flexibility index (Phi) is 7.00. The number of anilines is 1. The second-order valence-electron chi connectivity index (χ2n) is 5.57. The standard InChI is InChI=1S/C18H23ClN4O/c1-3-9-23(10-4-2)17(24)15-12-21-18(22-13-15)20-11-14-5-7-16(19)8-6-14/h5-8,12-13H,3-4,9-11H2,1-2H3,(H,20,21,22). The highest BCUT2D eigenvalue weighted by Crippen LogP contribution is 2.11. The zero-order valence-corrected chi connectivity index (χ0v) is 14.9. The van der Waals surface area contributed by atoms with E-state index in [0.717, 1.165) is 31.5 Å². The normalized spacial score (nSPS) is 10.5. The molecule has 0 bridgehead atoms. The van der Waals surface area contributed by atoms with E-state index in [4.69, 9.17) is 11.6 Å². The third kappa shape index (κ3) is 5.20. The van der Waals surface area contributed by atoms with E-state index in [0.29, 0.717) is 23.1 Å². The molecule has 5 nitrogen and oxygen atoms in total. The lowest BCUT2D eigenvalue weighted by atomic mass is 10.2. The van der Waals surface area contributed by atoms with Gasteiger partial charge in [-0.2, -0.15) is 0 Å². The van der Waals surface area contributed by atoms with Crippen LogP contribution >= 0.6 is 11.6 Å². The maximum Gasteiger partial charge on any atom is 0.256 e. The molecule has 0 saturated heterocycles. The van der Waals surface area contributed by atoms with Gasteiger partial charge in [0, 0.05) is 37.1 Å². The van der Waals surface area contributed by atoms with Crippen LogP contribution in [0.3, 0.4) is 0 Å². The Hall–Kier alpha value is -2.14. The van der Waals surface area contributed by atoms with Gasteiger partial charge >= 0.3 is 0 Å². The van der Waals surface area contributed by atoms with Crippen LogP contribution in [0.5, 0.6) is 0 Å². The van der Waals surface area contributed by atoms with Gasteiger partial charge in [0.25, 0.3) is 5.91 Å². The molecule has 1 amide bonds. The maximum atomic E-state index is 12.5. The summed E-state index contributed by atoms with van der Waals surface area (Å²) in [5.74, 6) is 0.488. The van der Waals surface area contributed by atoms with Crippen LogP contribution in [0.4, 0.5) is 5.95 Å². The number of benzene rings is 1. The number of aromatic nitrogens is 2. The van der Waals surface area contributed by atoms with Crippen molar-refractivity contribution in [2.24, 2.45) is 0 Å². The predicted octanol–water partition coefficient (Wildman–Crippen LogP) is 4.00. The fourth-order valence-corrected chi connectivity index (χ4v) is 2.48. The SMILES string of the molecule is CCCN(CCC)C(=O)c1cnc(NCc2ccc(Cl)cc2)nc1. The van der Waals surface area contributed by atoms with Gasteiger partial charge in [0.1, 0.15) is 0 Å². The second-order valence-corrected chi connectivity index (χ2v) is 6.00. The summed E-state index contributed by atoms with van der Waals surface area (Å²) in [6, 6.07) is 7.58. The van der Waals surface area contributed by atoms with E-state index >= 15 is 0 Å². The number of amides is 1. The van der Waals surface area contributed by atoms with Gasteiger partial charge in [-0.15, -0.1) is 0 Å². The Balaban J connectivity index is 1.96. The minimum absolute atomic E-state index is 0.0112. The average Bonchev–Trinajstić information content (AvgIpc) is 2.61. The average molecular weight is 347 g/mol. The molecule has 0 unspecified atom stereocenters. The Morgan fingerprint density at radius 1 is 1.08 bits per heavy atom. The summed E-state index contributed by atoms with van der Waals surface area (Å²) in [5, 5.41) is 3.85. The first-order valence-corrected chi connectivity index (χ1v) is 8.61. The Morgan fingerprint density at radius 3 is 2.21 bits per heavy atom. The molecule has 0 fully saturated rings. The highest BCUT2D eigenvalue weighted by atomic mass is 35.5. The summed E-state index contributed by atoms with van der Waals surface area (Å²) in [6.45, 7) is 6.24. The van der Waals surface area contributed by atoms with Crippen molar-refractivity contribution in [2.45, 2.75) is 33.2 Å². The molecule has 128 valence electrons. The first kappa shape index (κ1) is 18.2. The van der Waals surface area contributed by atoms with E-state index in [2.05, 4.69) is 29.1 Å². The van der Waals surface area contributed by atoms with Crippen molar-refractivity contribution in [3.63, 3.8) is 0 Å². The second kappa shape index (κ2) is 9.23. The van der Waals surface area contributed by atoms with Gasteiger partial charge in [0.15, 0.2) is 0 Å². The lowest BCUT2D eigenvalue weighted by molar-refractivity contribution is 0.0754. The summed E-state index contributed by atoms with van der Waals surface area (Å²) in [5.41, 5.74) is 1.61. The molecule has 1 aromatic heterocycles. The molecule has 0 spiro atoms. The van der Waals surface area contributed by atoms with E-state index < -0.39 is 0 Å². The molecule has 0 aliphatic rings. The Bertz CT molecular complexity index is 637. The summed E-state index contributed by atoms with van der Waals surface area (Å²) in [6.07, 6.45) is 5.04. The minimum Gasteiger partial charge on any atom is -0.350 e. The summed E-state index contributed by atoms with van der Waals surface area (Å²) >= 11 is 5.87. The van der Waals surface area contributed by atoms with Crippen molar-refractivity contribution < 1.29 is 4.79 Å². The number of carbonyl (C=O) groups is 1. The van der Waals surface area contributed by atoms with Crippen LogP contribution in [-0.2, 0) is 6.54 Å². The van der Waals surface area contributed by atoms with Crippen molar-refractivity contribution >= 4 is 23.5 Å². The molecule has 1 N–H and O–H groups in total. The fourth-order valence-electron chi connectivity index (χ4n) is 2.35. The molecule has 0 aliphatic carbocycles. The number of nitrogens with one attached hydrogen (secondary N) is 1. The molecule has 2 aromatic rings. The van der Waals surface area contributed by atoms with Crippen LogP contribution in [0, 0.1) is 0 Å². The molecule has 0 saturated carbocycles. The third-order valence-electron chi connectivity index (χ3n) is 3.54. The van der Waals surface area contributed by atoms with Gasteiger partial charge < -0.3 is 10.2 Å². The van der Waals surface area contributed by atoms with Crippen LogP contribution < -0.4 is 5.32 Å². The van der Waals surface area contributed by atoms with Crippen molar-refractivity contribution in [3.8, 4) is 0 Å². The van der Waals surface area contributed by atoms with Crippen molar-refractivity contribution in [2.75, 3.05) is 18.4 Å². The van der Waals surface area contributed by atoms with Gasteiger partial charge in [-0.05, 0) is 30.5 Å². The number of rotatable bonds is 8. The van der Waals surface area contributed by atoms with Crippen molar-refractivity contribution in [1.29, 1.82) is 0 Å². The van der Waals surface area contributed by atoms with Gasteiger partial charge in [0.2, 0.25) is 5.95 Å². The van der Waals surface area contributed by atoms with E-state index in [9.17, 15) is 4.79 Å². The van der Waals surface area contributed by atoms with E-state index in [1.54, 1.807) is 12.4 Å². The highest BCUT2D eigenvalue weighted by molar-refractivity contribution is 6.30. The first-order chi connectivity index (χ1) is 11.6. The zero-order chi connectivity index (χ0) is 17.4. The van der Waals surface area contributed by atoms with E-state index in [1.165, 1.54) is 0 Å². The molecule has 0 radical (unpaired) electrons. The van der Waals surface area contributed by atoms with Gasteiger partial charge in [-0.3, -0.25) is 4.79 Å². The largest absolute Gasteiger partial charge is 0.350 e. The molecule has 2 rings (SSSR count). The summed E-state index contributed by atoms with van der Waals surface area (Å²) in [4.78, 5) is 22.8. The topological polar surface area (TPSA) is 58.1 Å². The van der Waals surface area contributed by atoms with Crippen LogP contribution in [0.25, 0.3) is 0 Å². The smallest absolute Gasteiger partial charge is 0.256 e. The number of hydrogen-bond donors (Lipinski definition) is 1. The molecular formula is C18H23ClN4O. The molecular weight excluding hydrogens is 324 g/mol. The number of hydrogen-bond acceptors (Lipinski definition) is 4. The van der Waals surface area contributed by atoms with E-state index in [-0.39, 0.29) is 5.91 Å². The molecule has 6 heteroatoms. The Labute approximate surface area is 148 Å². The third-order valence-corrected chi connectivity index (χ3v) is 3.79. The zero-order valence-electron chi connectivity index (χ0n) is 14.1. The quantitative estimate of drug-likeness (QED) is 0.784. The molecule has 1 heterocycles. The minimum atomic E-state index is -0.0112. The Morgan fingerprint density at radius 2 is 1.67 bits per heavy atom. The highest BCUT2D eigenvalue weighted by Gasteiger charge is 2.15. The number of nitrogens with zero attached hydrogens (tertiary/aromatic N) is 3. The van der Waals surface area contributed by atoms with Gasteiger partial charge in [-0.25, -0.2) is 9.97 Å². The van der Waals surface area contributed by atoms with Crippen molar-refractivity contribution in [1.82, 2.24) is 14.9 Å². The van der Waals surface area contributed by atoms with Gasteiger partial charge in [0.05, 0.1) is 5.56 Å². The maximum absolute atomic E-state index is 12.5. The van der Waals surface area contributed by atoms with Crippen LogP contribution in [0.2, 0.25) is 5.02 Å². The van der Waals surface area contributed by atoms with Crippen LogP contribution in [0.1, 0.15) is 42.6 Å². The lowest BCUT2D eigenvalue weighted by Crippen LogP contribution is -2.32. The van der Waals surface area contributed by atoms with Crippen LogP contribution in [0.15, 0.2) is 36.7 Å². The molecule has 1 aromatic carbocycles.